The SMILES string of the molecule is Cc1c(NC(=O)N2CCC(C)C(O)C2)cccc1C(F)(F)F. The molecule has 2 unspecified atom stereocenters. The van der Waals surface area contributed by atoms with Crippen molar-refractivity contribution in [2.75, 3.05) is 18.4 Å². The van der Waals surface area contributed by atoms with Crippen molar-refractivity contribution in [1.82, 2.24) is 4.90 Å². The molecule has 4 nitrogen and oxygen atoms in total. The number of benzene rings is 1. The lowest BCUT2D eigenvalue weighted by atomic mass is 9.96. The molecule has 1 aromatic rings. The monoisotopic (exact) mass is 316 g/mol. The first kappa shape index (κ1) is 16.6. The molecule has 7 heteroatoms. The third-order valence-electron chi connectivity index (χ3n) is 4.09. The van der Waals surface area contributed by atoms with E-state index in [0.29, 0.717) is 13.0 Å². The lowest BCUT2D eigenvalue weighted by molar-refractivity contribution is -0.138. The summed E-state index contributed by atoms with van der Waals surface area (Å²) in [5.74, 6) is 0.111. The highest BCUT2D eigenvalue weighted by atomic mass is 19.4. The first-order valence-corrected chi connectivity index (χ1v) is 7.11. The molecule has 2 amide bonds. The van der Waals surface area contributed by atoms with Gasteiger partial charge in [0, 0.05) is 18.8 Å². The van der Waals surface area contributed by atoms with Crippen molar-refractivity contribution in [3.05, 3.63) is 29.3 Å². The highest BCUT2D eigenvalue weighted by Gasteiger charge is 2.33. The second kappa shape index (κ2) is 6.16. The predicted octanol–water partition coefficient (Wildman–Crippen LogP) is 3.25. The van der Waals surface area contributed by atoms with Gasteiger partial charge in [-0.1, -0.05) is 13.0 Å². The van der Waals surface area contributed by atoms with E-state index < -0.39 is 23.9 Å². The first-order chi connectivity index (χ1) is 10.2. The molecular weight excluding hydrogens is 297 g/mol. The zero-order valence-corrected chi connectivity index (χ0v) is 12.4. The fourth-order valence-corrected chi connectivity index (χ4v) is 2.51. The van der Waals surface area contributed by atoms with Gasteiger partial charge in [0.1, 0.15) is 0 Å². The van der Waals surface area contributed by atoms with Crippen LogP contribution in [-0.4, -0.2) is 35.2 Å². The molecule has 22 heavy (non-hydrogen) atoms. The topological polar surface area (TPSA) is 52.6 Å². The number of urea groups is 1. The summed E-state index contributed by atoms with van der Waals surface area (Å²) in [6.45, 7) is 3.88. The zero-order chi connectivity index (χ0) is 16.5. The molecule has 0 aliphatic carbocycles. The first-order valence-electron chi connectivity index (χ1n) is 7.11. The summed E-state index contributed by atoms with van der Waals surface area (Å²) in [7, 11) is 0. The Bertz CT molecular complexity index is 560. The van der Waals surface area contributed by atoms with Crippen molar-refractivity contribution in [2.24, 2.45) is 5.92 Å². The Kier molecular flexibility index (Phi) is 4.65. The number of nitrogens with zero attached hydrogens (tertiary/aromatic N) is 1. The molecule has 1 aromatic carbocycles. The van der Waals surface area contributed by atoms with E-state index in [2.05, 4.69) is 5.32 Å². The van der Waals surface area contributed by atoms with Crippen LogP contribution in [0.25, 0.3) is 0 Å². The highest BCUT2D eigenvalue weighted by Crippen LogP contribution is 2.34. The molecule has 0 spiro atoms. The second-order valence-electron chi connectivity index (χ2n) is 5.69. The maximum Gasteiger partial charge on any atom is 0.416 e. The average molecular weight is 316 g/mol. The number of carbonyl (C=O) groups excluding carboxylic acids is 1. The summed E-state index contributed by atoms with van der Waals surface area (Å²) < 4.78 is 38.6. The van der Waals surface area contributed by atoms with Crippen molar-refractivity contribution in [1.29, 1.82) is 0 Å². The standard InChI is InChI=1S/C15H19F3N2O2/c1-9-6-7-20(8-13(9)21)14(22)19-12-5-3-4-11(10(12)2)15(16,17)18/h3-5,9,13,21H,6-8H2,1-2H3,(H,19,22). The Morgan fingerprint density at radius 3 is 2.68 bits per heavy atom. The Morgan fingerprint density at radius 1 is 1.41 bits per heavy atom. The van der Waals surface area contributed by atoms with E-state index in [9.17, 15) is 23.1 Å². The Hall–Kier alpha value is -1.76. The molecule has 0 saturated carbocycles. The third-order valence-corrected chi connectivity index (χ3v) is 4.09. The van der Waals surface area contributed by atoms with E-state index in [1.807, 2.05) is 6.92 Å². The number of halogens is 3. The molecule has 0 radical (unpaired) electrons. The van der Waals surface area contributed by atoms with Crippen LogP contribution in [0.15, 0.2) is 18.2 Å². The van der Waals surface area contributed by atoms with Crippen molar-refractivity contribution in [3.63, 3.8) is 0 Å². The number of hydrogen-bond acceptors (Lipinski definition) is 2. The summed E-state index contributed by atoms with van der Waals surface area (Å²) in [4.78, 5) is 13.6. The van der Waals surface area contributed by atoms with Gasteiger partial charge in [-0.3, -0.25) is 0 Å². The second-order valence-corrected chi connectivity index (χ2v) is 5.69. The van der Waals surface area contributed by atoms with Crippen LogP contribution >= 0.6 is 0 Å². The maximum absolute atomic E-state index is 12.9. The summed E-state index contributed by atoms with van der Waals surface area (Å²) in [6, 6.07) is 3.19. The number of aliphatic hydroxyl groups is 1. The number of aliphatic hydroxyl groups excluding tert-OH is 1. The van der Waals surface area contributed by atoms with Crippen LogP contribution in [0.4, 0.5) is 23.7 Å². The van der Waals surface area contributed by atoms with Crippen LogP contribution in [0, 0.1) is 12.8 Å². The van der Waals surface area contributed by atoms with Crippen molar-refractivity contribution in [2.45, 2.75) is 32.5 Å². The largest absolute Gasteiger partial charge is 0.416 e. The van der Waals surface area contributed by atoms with Gasteiger partial charge in [0.05, 0.1) is 11.7 Å². The van der Waals surface area contributed by atoms with Gasteiger partial charge < -0.3 is 15.3 Å². The minimum absolute atomic E-state index is 0.0192. The number of amides is 2. The number of rotatable bonds is 1. The van der Waals surface area contributed by atoms with E-state index in [-0.39, 0.29) is 23.7 Å². The van der Waals surface area contributed by atoms with Crippen LogP contribution in [0.5, 0.6) is 0 Å². The smallest absolute Gasteiger partial charge is 0.391 e. The van der Waals surface area contributed by atoms with Crippen LogP contribution in [0.1, 0.15) is 24.5 Å². The molecule has 1 saturated heterocycles. The van der Waals surface area contributed by atoms with E-state index in [1.54, 1.807) is 0 Å². The van der Waals surface area contributed by atoms with Gasteiger partial charge in [-0.25, -0.2) is 4.79 Å². The van der Waals surface area contributed by atoms with Gasteiger partial charge in [0.15, 0.2) is 0 Å². The number of piperidine rings is 1. The molecule has 1 heterocycles. The summed E-state index contributed by atoms with van der Waals surface area (Å²) in [5.41, 5.74) is -0.653. The lowest BCUT2D eigenvalue weighted by Gasteiger charge is -2.34. The zero-order valence-electron chi connectivity index (χ0n) is 12.4. The lowest BCUT2D eigenvalue weighted by Crippen LogP contribution is -2.47. The number of likely N-dealkylation sites (tertiary alicyclic amines) is 1. The average Bonchev–Trinajstić information content (AvgIpc) is 2.42. The number of hydrogen-bond donors (Lipinski definition) is 2. The molecular formula is C15H19F3N2O2. The fourth-order valence-electron chi connectivity index (χ4n) is 2.51. The number of anilines is 1. The molecule has 1 fully saturated rings. The fraction of sp³-hybridized carbons (Fsp3) is 0.533. The number of carbonyl (C=O) groups is 1. The normalized spacial score (nSPS) is 22.5. The minimum atomic E-state index is -4.46. The Labute approximate surface area is 126 Å². The Balaban J connectivity index is 2.13. The van der Waals surface area contributed by atoms with Crippen LogP contribution in [-0.2, 0) is 6.18 Å². The highest BCUT2D eigenvalue weighted by molar-refractivity contribution is 5.90. The van der Waals surface area contributed by atoms with E-state index in [0.717, 1.165) is 6.07 Å². The number of nitrogens with one attached hydrogen (secondary N) is 1. The van der Waals surface area contributed by atoms with Crippen LogP contribution < -0.4 is 5.32 Å². The summed E-state index contributed by atoms with van der Waals surface area (Å²) >= 11 is 0. The molecule has 2 rings (SSSR count). The third kappa shape index (κ3) is 3.52. The van der Waals surface area contributed by atoms with E-state index >= 15 is 0 Å². The minimum Gasteiger partial charge on any atom is -0.391 e. The van der Waals surface area contributed by atoms with Crippen molar-refractivity contribution < 1.29 is 23.1 Å². The van der Waals surface area contributed by atoms with Gasteiger partial charge in [-0.05, 0) is 37.0 Å². The Morgan fingerprint density at radius 2 is 2.09 bits per heavy atom. The molecule has 2 atom stereocenters. The van der Waals surface area contributed by atoms with E-state index in [1.165, 1.54) is 24.0 Å². The number of alkyl halides is 3. The van der Waals surface area contributed by atoms with Gasteiger partial charge >= 0.3 is 12.2 Å². The molecule has 122 valence electrons. The van der Waals surface area contributed by atoms with E-state index in [4.69, 9.17) is 0 Å². The summed E-state index contributed by atoms with van der Waals surface area (Å²) in [5, 5.41) is 12.3. The number of β-amino-alcohol motifs (C(OH)–C–C–N with tert-alkyl or cyclic N) is 1. The van der Waals surface area contributed by atoms with Gasteiger partial charge in [-0.15, -0.1) is 0 Å². The van der Waals surface area contributed by atoms with Gasteiger partial charge in [-0.2, -0.15) is 13.2 Å². The van der Waals surface area contributed by atoms with Gasteiger partial charge in [0.25, 0.3) is 0 Å². The van der Waals surface area contributed by atoms with Crippen LogP contribution in [0.3, 0.4) is 0 Å². The molecule has 0 bridgehead atoms. The summed E-state index contributed by atoms with van der Waals surface area (Å²) in [6.07, 6.45) is -4.40. The molecule has 0 aromatic heterocycles. The predicted molar refractivity (Wildman–Crippen MR) is 76.6 cm³/mol. The van der Waals surface area contributed by atoms with Crippen LogP contribution in [0.2, 0.25) is 0 Å². The quantitative estimate of drug-likeness (QED) is 0.835. The van der Waals surface area contributed by atoms with Crippen molar-refractivity contribution in [3.8, 4) is 0 Å². The maximum atomic E-state index is 12.9. The molecule has 1 aliphatic rings. The molecule has 1 aliphatic heterocycles. The van der Waals surface area contributed by atoms with Gasteiger partial charge in [0.2, 0.25) is 0 Å². The molecule has 2 N–H and O–H groups in total. The van der Waals surface area contributed by atoms with Crippen molar-refractivity contribution >= 4 is 11.7 Å².